The van der Waals surface area contributed by atoms with Crippen LogP contribution in [0.4, 0.5) is 0 Å². The fourth-order valence-electron chi connectivity index (χ4n) is 5.01. The average molecular weight is 367 g/mol. The van der Waals surface area contributed by atoms with Crippen LogP contribution in [0.2, 0.25) is 0 Å². The van der Waals surface area contributed by atoms with E-state index in [1.807, 2.05) is 18.2 Å². The van der Waals surface area contributed by atoms with Crippen molar-refractivity contribution in [2.45, 2.75) is 70.8 Å². The molecule has 2 heterocycles. The Kier molecular flexibility index (Phi) is 4.21. The lowest BCUT2D eigenvalue weighted by Crippen LogP contribution is -2.49. The van der Waals surface area contributed by atoms with E-state index in [0.29, 0.717) is 23.5 Å². The SMILES string of the molecule is C[C@@H]1CC[C@H]2[C@@H](C1)c1c(nc(C(C)(C)c3ccccc3)[nH]c1=O)OC2(C)C. The van der Waals surface area contributed by atoms with Crippen LogP contribution in [0.3, 0.4) is 0 Å². The van der Waals surface area contributed by atoms with Gasteiger partial charge in [0, 0.05) is 17.3 Å². The van der Waals surface area contributed by atoms with Crippen molar-refractivity contribution >= 4 is 0 Å². The van der Waals surface area contributed by atoms with E-state index in [9.17, 15) is 4.79 Å². The lowest BCUT2D eigenvalue weighted by atomic mass is 9.65. The molecule has 1 N–H and O–H groups in total. The summed E-state index contributed by atoms with van der Waals surface area (Å²) in [7, 11) is 0. The van der Waals surface area contributed by atoms with Gasteiger partial charge < -0.3 is 9.72 Å². The first-order valence-electron chi connectivity index (χ1n) is 10.1. The van der Waals surface area contributed by atoms with Gasteiger partial charge in [-0.25, -0.2) is 0 Å². The Morgan fingerprint density at radius 1 is 1.19 bits per heavy atom. The maximum atomic E-state index is 13.2. The van der Waals surface area contributed by atoms with Gasteiger partial charge in [0.05, 0.1) is 5.56 Å². The highest BCUT2D eigenvalue weighted by Crippen LogP contribution is 2.51. The summed E-state index contributed by atoms with van der Waals surface area (Å²) in [5.41, 5.74) is 1.15. The highest BCUT2D eigenvalue weighted by molar-refractivity contribution is 5.37. The van der Waals surface area contributed by atoms with Crippen molar-refractivity contribution in [2.24, 2.45) is 11.8 Å². The van der Waals surface area contributed by atoms with Crippen molar-refractivity contribution in [1.29, 1.82) is 0 Å². The molecule has 4 heteroatoms. The van der Waals surface area contributed by atoms with Gasteiger partial charge in [0.25, 0.3) is 5.56 Å². The van der Waals surface area contributed by atoms with Crippen molar-refractivity contribution in [1.82, 2.24) is 9.97 Å². The minimum absolute atomic E-state index is 0.0291. The van der Waals surface area contributed by atoms with Gasteiger partial charge in [-0.1, -0.05) is 43.7 Å². The van der Waals surface area contributed by atoms with Gasteiger partial charge in [-0.05, 0) is 52.0 Å². The molecule has 0 unspecified atom stereocenters. The van der Waals surface area contributed by atoms with E-state index < -0.39 is 5.41 Å². The van der Waals surface area contributed by atoms with Crippen LogP contribution >= 0.6 is 0 Å². The Labute approximate surface area is 161 Å². The van der Waals surface area contributed by atoms with E-state index in [-0.39, 0.29) is 17.1 Å². The number of rotatable bonds is 2. The molecule has 1 aromatic heterocycles. The van der Waals surface area contributed by atoms with Crippen LogP contribution in [0, 0.1) is 11.8 Å². The third kappa shape index (κ3) is 2.99. The zero-order valence-electron chi connectivity index (χ0n) is 17.0. The highest BCUT2D eigenvalue weighted by Gasteiger charge is 2.48. The number of aromatic amines is 1. The number of nitrogens with zero attached hydrogens (tertiary/aromatic N) is 1. The van der Waals surface area contributed by atoms with Crippen LogP contribution in [-0.2, 0) is 5.41 Å². The molecule has 0 bridgehead atoms. The van der Waals surface area contributed by atoms with Gasteiger partial charge in [-0.3, -0.25) is 4.79 Å². The van der Waals surface area contributed by atoms with E-state index in [1.54, 1.807) is 0 Å². The molecule has 3 atom stereocenters. The number of H-pyrrole nitrogens is 1. The second kappa shape index (κ2) is 6.22. The molecule has 144 valence electrons. The first kappa shape index (κ1) is 18.3. The average Bonchev–Trinajstić information content (AvgIpc) is 2.61. The van der Waals surface area contributed by atoms with E-state index in [4.69, 9.17) is 9.72 Å². The summed E-state index contributed by atoms with van der Waals surface area (Å²) in [5, 5.41) is 0. The normalized spacial score (nSPS) is 26.6. The van der Waals surface area contributed by atoms with Crippen molar-refractivity contribution in [3.63, 3.8) is 0 Å². The molecular weight excluding hydrogens is 336 g/mol. The predicted molar refractivity (Wildman–Crippen MR) is 107 cm³/mol. The zero-order valence-corrected chi connectivity index (χ0v) is 17.0. The Balaban J connectivity index is 1.83. The van der Waals surface area contributed by atoms with Gasteiger partial charge in [-0.15, -0.1) is 0 Å². The molecule has 1 fully saturated rings. The summed E-state index contributed by atoms with van der Waals surface area (Å²) >= 11 is 0. The lowest BCUT2D eigenvalue weighted by Gasteiger charge is -2.47. The molecule has 1 aromatic carbocycles. The molecule has 27 heavy (non-hydrogen) atoms. The van der Waals surface area contributed by atoms with E-state index >= 15 is 0 Å². The smallest absolute Gasteiger partial charge is 0.258 e. The van der Waals surface area contributed by atoms with Gasteiger partial charge in [0.15, 0.2) is 0 Å². The highest BCUT2D eigenvalue weighted by atomic mass is 16.5. The van der Waals surface area contributed by atoms with E-state index in [1.165, 1.54) is 6.42 Å². The molecule has 0 saturated heterocycles. The number of ether oxygens (including phenoxy) is 1. The number of nitrogens with one attached hydrogen (secondary N) is 1. The molecule has 2 aromatic rings. The molecule has 1 aliphatic heterocycles. The minimum atomic E-state index is -0.403. The van der Waals surface area contributed by atoms with E-state index in [2.05, 4.69) is 51.7 Å². The van der Waals surface area contributed by atoms with Crippen LogP contribution in [0.1, 0.15) is 76.8 Å². The summed E-state index contributed by atoms with van der Waals surface area (Å²) in [5.74, 6) is 2.44. The monoisotopic (exact) mass is 366 g/mol. The number of hydrogen-bond donors (Lipinski definition) is 1. The summed E-state index contributed by atoms with van der Waals surface area (Å²) in [6.07, 6.45) is 3.35. The van der Waals surface area contributed by atoms with Crippen molar-refractivity contribution < 1.29 is 4.74 Å². The van der Waals surface area contributed by atoms with Crippen molar-refractivity contribution in [3.05, 3.63) is 57.6 Å². The summed E-state index contributed by atoms with van der Waals surface area (Å²) < 4.78 is 6.35. The topological polar surface area (TPSA) is 55.0 Å². The minimum Gasteiger partial charge on any atom is -0.471 e. The zero-order chi connectivity index (χ0) is 19.4. The number of fused-ring (bicyclic) bond motifs is 3. The third-order valence-electron chi connectivity index (χ3n) is 6.74. The van der Waals surface area contributed by atoms with Crippen molar-refractivity contribution in [2.75, 3.05) is 0 Å². The maximum Gasteiger partial charge on any atom is 0.258 e. The van der Waals surface area contributed by atoms with Crippen LogP contribution in [-0.4, -0.2) is 15.6 Å². The Morgan fingerprint density at radius 2 is 1.89 bits per heavy atom. The fourth-order valence-corrected chi connectivity index (χ4v) is 5.01. The van der Waals surface area contributed by atoms with Crippen molar-refractivity contribution in [3.8, 4) is 5.88 Å². The maximum absolute atomic E-state index is 13.2. The van der Waals surface area contributed by atoms with Gasteiger partial charge in [-0.2, -0.15) is 4.98 Å². The third-order valence-corrected chi connectivity index (χ3v) is 6.74. The Morgan fingerprint density at radius 3 is 2.59 bits per heavy atom. The molecule has 4 rings (SSSR count). The largest absolute Gasteiger partial charge is 0.471 e. The van der Waals surface area contributed by atoms with Crippen LogP contribution in [0.25, 0.3) is 0 Å². The summed E-state index contributed by atoms with van der Waals surface area (Å²) in [4.78, 5) is 21.1. The second-order valence-corrected chi connectivity index (χ2v) is 9.46. The first-order valence-corrected chi connectivity index (χ1v) is 10.1. The van der Waals surface area contributed by atoms with Gasteiger partial charge in [0.1, 0.15) is 11.4 Å². The molecule has 0 amide bonds. The van der Waals surface area contributed by atoms with E-state index in [0.717, 1.165) is 24.0 Å². The lowest BCUT2D eigenvalue weighted by molar-refractivity contribution is -0.0189. The molecule has 1 aliphatic carbocycles. The summed E-state index contributed by atoms with van der Waals surface area (Å²) in [6.45, 7) is 10.8. The molecular formula is C23H30N2O2. The van der Waals surface area contributed by atoms with Gasteiger partial charge >= 0.3 is 0 Å². The number of hydrogen-bond acceptors (Lipinski definition) is 3. The first-order chi connectivity index (χ1) is 12.7. The Bertz CT molecular complexity index is 898. The van der Waals surface area contributed by atoms with Gasteiger partial charge in [0.2, 0.25) is 5.88 Å². The fraction of sp³-hybridized carbons (Fsp3) is 0.565. The molecule has 4 nitrogen and oxygen atoms in total. The second-order valence-electron chi connectivity index (χ2n) is 9.46. The van der Waals surface area contributed by atoms with Crippen LogP contribution in [0.15, 0.2) is 35.1 Å². The standard InChI is InChI=1S/C23H30N2O2/c1-14-11-12-17-16(13-14)18-19(26)24-21(25-20(18)27-23(17,4)5)22(2,3)15-9-7-6-8-10-15/h6-10,14,16-17H,11-13H2,1-5H3,(H,24,25,26)/t14-,16-,17+/m1/s1. The predicted octanol–water partition coefficient (Wildman–Crippen LogP) is 4.79. The molecule has 0 radical (unpaired) electrons. The number of aromatic nitrogens is 2. The van der Waals surface area contributed by atoms with Crippen LogP contribution < -0.4 is 10.3 Å². The van der Waals surface area contributed by atoms with Crippen LogP contribution in [0.5, 0.6) is 5.88 Å². The molecule has 2 aliphatic rings. The summed E-state index contributed by atoms with van der Waals surface area (Å²) in [6, 6.07) is 10.2. The molecule has 0 spiro atoms. The number of benzene rings is 1. The Hall–Kier alpha value is -2.10. The quantitative estimate of drug-likeness (QED) is 0.832. The molecule has 1 saturated carbocycles.